The number of imidazole rings is 1. The lowest BCUT2D eigenvalue weighted by atomic mass is 10.1. The Balaban J connectivity index is 0.707. The van der Waals surface area contributed by atoms with E-state index in [2.05, 4.69) is 302 Å². The number of hydrogen-bond donors (Lipinski definition) is 0. The first-order valence-electron chi connectivity index (χ1n) is 29.6. The summed E-state index contributed by atoms with van der Waals surface area (Å²) in [6.45, 7) is 0. The van der Waals surface area contributed by atoms with Crippen LogP contribution in [0.15, 0.2) is 292 Å². The topological polar surface area (TPSA) is 62.8 Å². The van der Waals surface area contributed by atoms with E-state index in [4.69, 9.17) is 15.0 Å². The predicted octanol–water partition coefficient (Wildman–Crippen LogP) is 19.8. The van der Waals surface area contributed by atoms with Gasteiger partial charge in [-0.3, -0.25) is 4.98 Å². The number of pyridine rings is 3. The molecule has 0 fully saturated rings. The van der Waals surface area contributed by atoms with Crippen molar-refractivity contribution in [1.29, 1.82) is 0 Å². The molecule has 0 N–H and O–H groups in total. The van der Waals surface area contributed by atoms with E-state index in [1.54, 1.807) is 0 Å². The molecule has 8 heteroatoms. The molecule has 8 nitrogen and oxygen atoms in total. The van der Waals surface area contributed by atoms with Crippen LogP contribution in [0.5, 0.6) is 0 Å². The molecular formula is C79H48N8. The molecule has 0 amide bonds. The van der Waals surface area contributed by atoms with Crippen LogP contribution in [0.2, 0.25) is 0 Å². The second-order valence-corrected chi connectivity index (χ2v) is 22.9. The van der Waals surface area contributed by atoms with Gasteiger partial charge in [0.25, 0.3) is 0 Å². The normalized spacial score (nSPS) is 12.1. The van der Waals surface area contributed by atoms with Crippen LogP contribution in [0.25, 0.3) is 171 Å². The van der Waals surface area contributed by atoms with Crippen molar-refractivity contribution < 1.29 is 0 Å². The average Bonchev–Trinajstić information content (AvgIpc) is 1.64. The third-order valence-corrected chi connectivity index (χ3v) is 18.1. The van der Waals surface area contributed by atoms with E-state index in [0.717, 1.165) is 117 Å². The van der Waals surface area contributed by atoms with Gasteiger partial charge in [0.05, 0.1) is 66.6 Å². The molecule has 0 radical (unpaired) electrons. The van der Waals surface area contributed by atoms with Gasteiger partial charge in [-0.25, -0.2) is 9.97 Å². The van der Waals surface area contributed by atoms with E-state index in [-0.39, 0.29) is 0 Å². The summed E-state index contributed by atoms with van der Waals surface area (Å²) in [5.41, 5.74) is 22.4. The number of aromatic nitrogens is 8. The summed E-state index contributed by atoms with van der Waals surface area (Å²) < 4.78 is 11.8. The maximum Gasteiger partial charge on any atom is 0.138 e. The van der Waals surface area contributed by atoms with Crippen LogP contribution in [0.1, 0.15) is 0 Å². The number of benzene rings is 11. The second kappa shape index (κ2) is 18.3. The Hall–Kier alpha value is -11.9. The Morgan fingerprint density at radius 2 is 0.690 bits per heavy atom. The van der Waals surface area contributed by atoms with Gasteiger partial charge in [0.1, 0.15) is 5.65 Å². The zero-order valence-electron chi connectivity index (χ0n) is 46.8. The highest BCUT2D eigenvalue weighted by atomic mass is 15.0. The van der Waals surface area contributed by atoms with Crippen molar-refractivity contribution in [2.45, 2.75) is 0 Å². The van der Waals surface area contributed by atoms with Crippen molar-refractivity contribution in [3.05, 3.63) is 292 Å². The molecule has 0 aliphatic carbocycles. The van der Waals surface area contributed by atoms with Gasteiger partial charge in [0.15, 0.2) is 0 Å². The van der Waals surface area contributed by atoms with Crippen LogP contribution in [0, 0.1) is 0 Å². The number of para-hydroxylation sites is 5. The number of fused-ring (bicyclic) bond motifs is 16. The SMILES string of the molecule is c1ccc(-n2c3ccccc3c3cc4c5ccccc5n(-c5cccc(-c6cn7ccc(-c8cccc(-n9c%10ccccc%10c%10cc%11c%12ccccc%12n(-c%12cccc(-c%13ccc%14ccc%15cccnc%15c%14n%13)c%12)c%11cc%109)c8)cc7n6)c5)c4cc32)cc1. The molecule has 19 aromatic rings. The monoisotopic (exact) mass is 1110 g/mol. The van der Waals surface area contributed by atoms with Crippen molar-refractivity contribution in [3.8, 4) is 56.4 Å². The summed E-state index contributed by atoms with van der Waals surface area (Å²) >= 11 is 0. The quantitative estimate of drug-likeness (QED) is 0.149. The predicted molar refractivity (Wildman–Crippen MR) is 359 cm³/mol. The standard InChI is InChI=1S/C79H48N8/c1-2-20-55(21-3-1)84-69-29-8-4-25-59(69)63-44-64-61-27-7-11-32-72(61)87(74(64)46-73(63)84)58-24-14-18-54(42-58)68-48-83-39-37-52(43-77(83)81-68)51-16-12-22-56(40-51)85-70-30-9-5-26-60(70)65-45-66-62-28-6-10-31-71(62)86(76(66)47-75(65)85)57-23-13-17-53(41-57)67-36-35-50-34-33-49-19-15-38-80-78(49)79(50)82-67/h1-48H. The molecule has 0 aliphatic rings. The minimum atomic E-state index is 0.879. The molecule has 19 rings (SSSR count). The van der Waals surface area contributed by atoms with Crippen molar-refractivity contribution in [2.24, 2.45) is 0 Å². The Kier molecular flexibility index (Phi) is 10.0. The maximum absolute atomic E-state index is 5.34. The van der Waals surface area contributed by atoms with Crippen LogP contribution >= 0.6 is 0 Å². The van der Waals surface area contributed by atoms with Crippen LogP contribution in [0.3, 0.4) is 0 Å². The molecular weight excluding hydrogens is 1060 g/mol. The lowest BCUT2D eigenvalue weighted by Crippen LogP contribution is -1.97. The van der Waals surface area contributed by atoms with E-state index >= 15 is 0 Å². The van der Waals surface area contributed by atoms with E-state index < -0.39 is 0 Å². The second-order valence-electron chi connectivity index (χ2n) is 22.9. The molecule has 8 heterocycles. The number of hydrogen-bond acceptors (Lipinski definition) is 3. The van der Waals surface area contributed by atoms with Gasteiger partial charge in [0, 0.05) is 106 Å². The zero-order valence-corrected chi connectivity index (χ0v) is 46.8. The minimum absolute atomic E-state index is 0.879. The average molecular weight is 1110 g/mol. The van der Waals surface area contributed by atoms with Gasteiger partial charge in [-0.05, 0) is 132 Å². The maximum atomic E-state index is 5.34. The highest BCUT2D eigenvalue weighted by Gasteiger charge is 2.22. The van der Waals surface area contributed by atoms with Crippen molar-refractivity contribution >= 4 is 115 Å². The Labute approximate surface area is 497 Å². The third-order valence-electron chi connectivity index (χ3n) is 18.1. The lowest BCUT2D eigenvalue weighted by molar-refractivity contribution is 1.16. The summed E-state index contributed by atoms with van der Waals surface area (Å²) in [4.78, 5) is 15.3. The van der Waals surface area contributed by atoms with Crippen molar-refractivity contribution in [3.63, 3.8) is 0 Å². The van der Waals surface area contributed by atoms with E-state index in [1.165, 1.54) is 54.1 Å². The lowest BCUT2D eigenvalue weighted by Gasteiger charge is -2.12. The Morgan fingerprint density at radius 1 is 0.253 bits per heavy atom. The van der Waals surface area contributed by atoms with Crippen LogP contribution < -0.4 is 0 Å². The largest absolute Gasteiger partial charge is 0.309 e. The first-order valence-corrected chi connectivity index (χ1v) is 29.6. The number of nitrogens with zero attached hydrogens (tertiary/aromatic N) is 8. The fourth-order valence-corrected chi connectivity index (χ4v) is 14.2. The van der Waals surface area contributed by atoms with E-state index in [0.29, 0.717) is 0 Å². The molecule has 0 saturated carbocycles. The number of rotatable bonds is 7. The molecule has 0 saturated heterocycles. The van der Waals surface area contributed by atoms with Gasteiger partial charge in [0.2, 0.25) is 0 Å². The fourth-order valence-electron chi connectivity index (χ4n) is 14.2. The van der Waals surface area contributed by atoms with Crippen LogP contribution in [0.4, 0.5) is 0 Å². The van der Waals surface area contributed by atoms with Crippen LogP contribution in [-0.2, 0) is 0 Å². The Bertz CT molecular complexity index is 6090. The first kappa shape index (κ1) is 47.6. The van der Waals surface area contributed by atoms with Crippen molar-refractivity contribution in [1.82, 2.24) is 37.6 Å². The van der Waals surface area contributed by atoms with Gasteiger partial charge in [-0.2, -0.15) is 0 Å². The summed E-state index contributed by atoms with van der Waals surface area (Å²) in [6, 6.07) is 99.0. The summed E-state index contributed by atoms with van der Waals surface area (Å²) in [5, 5.41) is 11.9. The molecule has 404 valence electrons. The van der Waals surface area contributed by atoms with Gasteiger partial charge in [-0.1, -0.05) is 152 Å². The first-order chi connectivity index (χ1) is 43.1. The van der Waals surface area contributed by atoms with Gasteiger partial charge >= 0.3 is 0 Å². The summed E-state index contributed by atoms with van der Waals surface area (Å²) in [5.74, 6) is 0. The molecule has 0 bridgehead atoms. The van der Waals surface area contributed by atoms with E-state index in [9.17, 15) is 0 Å². The molecule has 8 aromatic heterocycles. The minimum Gasteiger partial charge on any atom is -0.309 e. The molecule has 0 aliphatic heterocycles. The summed E-state index contributed by atoms with van der Waals surface area (Å²) in [7, 11) is 0. The van der Waals surface area contributed by atoms with Gasteiger partial charge in [-0.15, -0.1) is 0 Å². The fraction of sp³-hybridized carbons (Fsp3) is 0. The molecule has 11 aromatic carbocycles. The highest BCUT2D eigenvalue weighted by molar-refractivity contribution is 6.21. The highest BCUT2D eigenvalue weighted by Crippen LogP contribution is 2.43. The van der Waals surface area contributed by atoms with Gasteiger partial charge < -0.3 is 22.7 Å². The van der Waals surface area contributed by atoms with Crippen LogP contribution in [-0.4, -0.2) is 37.6 Å². The third kappa shape index (κ3) is 7.16. The Morgan fingerprint density at radius 3 is 1.24 bits per heavy atom. The molecule has 0 spiro atoms. The smallest absolute Gasteiger partial charge is 0.138 e. The molecule has 0 atom stereocenters. The molecule has 0 unspecified atom stereocenters. The van der Waals surface area contributed by atoms with Crippen molar-refractivity contribution in [2.75, 3.05) is 0 Å². The molecule has 87 heavy (non-hydrogen) atoms. The summed E-state index contributed by atoms with van der Waals surface area (Å²) in [6.07, 6.45) is 6.14. The van der Waals surface area contributed by atoms with E-state index in [1.807, 2.05) is 12.3 Å². The zero-order chi connectivity index (χ0) is 56.8.